The Bertz CT molecular complexity index is 853. The number of hydrogen-bond donors (Lipinski definition) is 2. The van der Waals surface area contributed by atoms with Crippen LogP contribution in [0.3, 0.4) is 0 Å². The van der Waals surface area contributed by atoms with E-state index in [-0.39, 0.29) is 24.6 Å². The number of para-hydroxylation sites is 1. The molecule has 0 aromatic heterocycles. The molecule has 148 valence electrons. The molecule has 0 aliphatic carbocycles. The lowest BCUT2D eigenvalue weighted by Gasteiger charge is -2.38. The number of anilines is 1. The smallest absolute Gasteiger partial charge is 0.231 e. The molecule has 2 aromatic rings. The second-order valence-corrected chi connectivity index (χ2v) is 7.20. The molecule has 28 heavy (non-hydrogen) atoms. The third kappa shape index (κ3) is 3.89. The van der Waals surface area contributed by atoms with Gasteiger partial charge in [0.2, 0.25) is 12.7 Å². The van der Waals surface area contributed by atoms with Gasteiger partial charge in [0.25, 0.3) is 0 Å². The highest BCUT2D eigenvalue weighted by molar-refractivity contribution is 5.72. The Morgan fingerprint density at radius 3 is 2.68 bits per heavy atom. The van der Waals surface area contributed by atoms with E-state index >= 15 is 0 Å². The number of rotatable bonds is 5. The summed E-state index contributed by atoms with van der Waals surface area (Å²) in [4.78, 5) is 15.0. The molecule has 2 aromatic carbocycles. The van der Waals surface area contributed by atoms with E-state index in [1.54, 1.807) is 6.07 Å². The third-order valence-corrected chi connectivity index (χ3v) is 5.45. The quantitative estimate of drug-likeness (QED) is 0.809. The van der Waals surface area contributed by atoms with Gasteiger partial charge < -0.3 is 24.6 Å². The number of ether oxygens (including phenoxy) is 2. The first-order valence-corrected chi connectivity index (χ1v) is 9.60. The lowest BCUT2D eigenvalue weighted by Crippen LogP contribution is -3.15. The van der Waals surface area contributed by atoms with Crippen LogP contribution in [0.1, 0.15) is 18.5 Å². The highest BCUT2D eigenvalue weighted by Gasteiger charge is 2.30. The Labute approximate surface area is 163 Å². The van der Waals surface area contributed by atoms with Crippen molar-refractivity contribution in [3.8, 4) is 11.5 Å². The summed E-state index contributed by atoms with van der Waals surface area (Å²) in [5, 5.41) is 2.96. The molecule has 0 saturated carbocycles. The average molecular weight is 386 g/mol. The second-order valence-electron chi connectivity index (χ2n) is 7.20. The molecular weight excluding hydrogens is 361 g/mol. The Morgan fingerprint density at radius 1 is 1.18 bits per heavy atom. The van der Waals surface area contributed by atoms with Crippen LogP contribution in [-0.2, 0) is 4.79 Å². The number of carbonyl (C=O) groups excluding carboxylic acids is 1. The number of nitrogens with zero attached hydrogens (tertiary/aromatic N) is 1. The zero-order chi connectivity index (χ0) is 19.5. The fourth-order valence-electron chi connectivity index (χ4n) is 3.97. The van der Waals surface area contributed by atoms with E-state index in [9.17, 15) is 9.18 Å². The van der Waals surface area contributed by atoms with E-state index < -0.39 is 0 Å². The predicted molar refractivity (Wildman–Crippen MR) is 103 cm³/mol. The van der Waals surface area contributed by atoms with Crippen LogP contribution in [0.5, 0.6) is 11.5 Å². The maximum Gasteiger partial charge on any atom is 0.231 e. The molecule has 6 nitrogen and oxygen atoms in total. The van der Waals surface area contributed by atoms with Gasteiger partial charge in [0.05, 0.1) is 38.4 Å². The maximum absolute atomic E-state index is 14.1. The number of piperazine rings is 1. The summed E-state index contributed by atoms with van der Waals surface area (Å²) in [5.74, 6) is 1.27. The zero-order valence-corrected chi connectivity index (χ0v) is 15.9. The Balaban J connectivity index is 1.50. The van der Waals surface area contributed by atoms with Gasteiger partial charge in [0, 0.05) is 12.5 Å². The third-order valence-electron chi connectivity index (χ3n) is 5.45. The minimum atomic E-state index is -0.184. The minimum absolute atomic E-state index is 0.0462. The van der Waals surface area contributed by atoms with Gasteiger partial charge in [-0.25, -0.2) is 4.39 Å². The largest absolute Gasteiger partial charge is 0.454 e. The summed E-state index contributed by atoms with van der Waals surface area (Å²) in [7, 11) is 0. The Hall–Kier alpha value is -2.80. The molecule has 0 unspecified atom stereocenters. The molecule has 2 heterocycles. The number of benzene rings is 2. The zero-order valence-electron chi connectivity index (χ0n) is 15.9. The number of carbonyl (C=O) groups is 1. The number of quaternary nitrogens is 1. The van der Waals surface area contributed by atoms with Crippen LogP contribution in [-0.4, -0.2) is 45.4 Å². The van der Waals surface area contributed by atoms with Crippen molar-refractivity contribution in [1.29, 1.82) is 0 Å². The molecule has 0 bridgehead atoms. The molecule has 4 rings (SSSR count). The van der Waals surface area contributed by atoms with Crippen LogP contribution in [0.15, 0.2) is 42.5 Å². The fourth-order valence-corrected chi connectivity index (χ4v) is 3.97. The van der Waals surface area contributed by atoms with Crippen molar-refractivity contribution in [1.82, 2.24) is 5.32 Å². The van der Waals surface area contributed by atoms with Crippen LogP contribution < -0.4 is 24.6 Å². The summed E-state index contributed by atoms with van der Waals surface area (Å²) < 4.78 is 25.0. The van der Waals surface area contributed by atoms with E-state index in [1.165, 1.54) is 17.9 Å². The molecule has 2 aliphatic heterocycles. The van der Waals surface area contributed by atoms with Gasteiger partial charge in [0.15, 0.2) is 11.5 Å². The molecule has 0 radical (unpaired) electrons. The van der Waals surface area contributed by atoms with Crippen molar-refractivity contribution < 1.29 is 23.6 Å². The van der Waals surface area contributed by atoms with Crippen LogP contribution in [0.4, 0.5) is 10.1 Å². The number of nitrogens with one attached hydrogen (secondary N) is 2. The summed E-state index contributed by atoms with van der Waals surface area (Å²) in [5.41, 5.74) is 1.76. The average Bonchev–Trinajstić information content (AvgIpc) is 3.17. The standard InChI is InChI=1S/C21H24FN3O3/c1-15(26)23-13-19(16-6-7-20-21(12-16)28-14-27-20)25-10-8-24(9-11-25)18-5-3-2-4-17(18)22/h2-7,12,19H,8-11,13-14H2,1H3,(H,23,26)/p+1/t19-/m0/s1. The van der Waals surface area contributed by atoms with Crippen molar-refractivity contribution in [3.05, 3.63) is 53.8 Å². The van der Waals surface area contributed by atoms with Gasteiger partial charge in [-0.15, -0.1) is 0 Å². The van der Waals surface area contributed by atoms with Crippen LogP contribution in [0.2, 0.25) is 0 Å². The van der Waals surface area contributed by atoms with Crippen LogP contribution in [0, 0.1) is 5.82 Å². The SMILES string of the molecule is CC(=O)NC[C@@H](c1ccc2c(c1)OCO2)[NH+]1CCN(c2ccccc2F)CC1. The summed E-state index contributed by atoms with van der Waals surface area (Å²) >= 11 is 0. The van der Waals surface area contributed by atoms with E-state index in [2.05, 4.69) is 10.2 Å². The molecule has 1 saturated heterocycles. The fraction of sp³-hybridized carbons (Fsp3) is 0.381. The number of amides is 1. The van der Waals surface area contributed by atoms with Crippen molar-refractivity contribution in [3.63, 3.8) is 0 Å². The van der Waals surface area contributed by atoms with Gasteiger partial charge in [-0.2, -0.15) is 0 Å². The second kappa shape index (κ2) is 8.06. The molecule has 1 amide bonds. The molecule has 2 aliphatic rings. The molecule has 0 spiro atoms. The molecule has 2 N–H and O–H groups in total. The Kier molecular flexibility index (Phi) is 5.34. The van der Waals surface area contributed by atoms with Gasteiger partial charge in [-0.1, -0.05) is 12.1 Å². The van der Waals surface area contributed by atoms with Gasteiger partial charge in [-0.3, -0.25) is 4.79 Å². The molecule has 1 atom stereocenters. The Morgan fingerprint density at radius 2 is 1.93 bits per heavy atom. The number of halogens is 1. The van der Waals surface area contributed by atoms with Crippen LogP contribution >= 0.6 is 0 Å². The van der Waals surface area contributed by atoms with Crippen molar-refractivity contribution >= 4 is 11.6 Å². The van der Waals surface area contributed by atoms with Gasteiger partial charge >= 0.3 is 0 Å². The first-order chi connectivity index (χ1) is 13.6. The van der Waals surface area contributed by atoms with E-state index in [0.717, 1.165) is 43.2 Å². The highest BCUT2D eigenvalue weighted by atomic mass is 19.1. The van der Waals surface area contributed by atoms with Crippen LogP contribution in [0.25, 0.3) is 0 Å². The lowest BCUT2D eigenvalue weighted by molar-refractivity contribution is -0.931. The first kappa shape index (κ1) is 18.6. The molecule has 7 heteroatoms. The monoisotopic (exact) mass is 386 g/mol. The maximum atomic E-state index is 14.1. The summed E-state index contributed by atoms with van der Waals surface area (Å²) in [6, 6.07) is 13.0. The van der Waals surface area contributed by atoms with Crippen molar-refractivity contribution in [2.24, 2.45) is 0 Å². The lowest BCUT2D eigenvalue weighted by atomic mass is 10.0. The summed E-state index contributed by atoms with van der Waals surface area (Å²) in [6.45, 7) is 5.55. The van der Waals surface area contributed by atoms with Crippen molar-refractivity contribution in [2.45, 2.75) is 13.0 Å². The molecule has 1 fully saturated rings. The topological polar surface area (TPSA) is 55.2 Å². The predicted octanol–water partition coefficient (Wildman–Crippen LogP) is 1.14. The van der Waals surface area contributed by atoms with E-state index in [1.807, 2.05) is 30.3 Å². The van der Waals surface area contributed by atoms with E-state index in [0.29, 0.717) is 12.2 Å². The normalized spacial score (nSPS) is 17.4. The number of fused-ring (bicyclic) bond motifs is 1. The van der Waals surface area contributed by atoms with Gasteiger partial charge in [0.1, 0.15) is 11.9 Å². The highest BCUT2D eigenvalue weighted by Crippen LogP contribution is 2.33. The van der Waals surface area contributed by atoms with Crippen molar-refractivity contribution in [2.75, 3.05) is 44.4 Å². The number of hydrogen-bond acceptors (Lipinski definition) is 4. The first-order valence-electron chi connectivity index (χ1n) is 9.60. The minimum Gasteiger partial charge on any atom is -0.454 e. The molecular formula is C21H25FN3O3+. The summed E-state index contributed by atoms with van der Waals surface area (Å²) in [6.07, 6.45) is 0. The van der Waals surface area contributed by atoms with Gasteiger partial charge in [-0.05, 0) is 30.3 Å². The van der Waals surface area contributed by atoms with E-state index in [4.69, 9.17) is 9.47 Å².